The summed E-state index contributed by atoms with van der Waals surface area (Å²) in [7, 11) is 2.16. The summed E-state index contributed by atoms with van der Waals surface area (Å²) in [4.78, 5) is 2.35. The molecule has 0 aromatic carbocycles. The molecule has 0 radical (unpaired) electrons. The molecular weight excluding hydrogens is 160 g/mol. The molecule has 0 saturated heterocycles. The lowest BCUT2D eigenvalue weighted by atomic mass is 10.2. The first-order valence-corrected chi connectivity index (χ1v) is 5.13. The minimum Gasteiger partial charge on any atom is -0.317 e. The lowest BCUT2D eigenvalue weighted by Crippen LogP contribution is -2.33. The molecule has 0 saturated carbocycles. The van der Waals surface area contributed by atoms with Crippen LogP contribution in [0.5, 0.6) is 0 Å². The third-order valence-electron chi connectivity index (χ3n) is 2.26. The fraction of sp³-hybridized carbons (Fsp3) is 0.818. The van der Waals surface area contributed by atoms with Crippen molar-refractivity contribution in [2.24, 2.45) is 0 Å². The molecule has 0 aliphatic rings. The summed E-state index contributed by atoms with van der Waals surface area (Å²) in [6.07, 6.45) is 1.21. The van der Waals surface area contributed by atoms with Crippen LogP contribution in [0.25, 0.3) is 0 Å². The van der Waals surface area contributed by atoms with Gasteiger partial charge in [-0.05, 0) is 40.4 Å². The Bertz CT molecular complexity index is 143. The molecule has 2 nitrogen and oxygen atoms in total. The monoisotopic (exact) mass is 184 g/mol. The smallest absolute Gasteiger partial charge is 0.0187 e. The second kappa shape index (κ2) is 7.10. The summed E-state index contributed by atoms with van der Waals surface area (Å²) in [5, 5.41) is 3.34. The van der Waals surface area contributed by atoms with E-state index in [1.54, 1.807) is 0 Å². The van der Waals surface area contributed by atoms with Crippen LogP contribution >= 0.6 is 0 Å². The van der Waals surface area contributed by atoms with Gasteiger partial charge >= 0.3 is 0 Å². The lowest BCUT2D eigenvalue weighted by Gasteiger charge is -2.24. The Balaban J connectivity index is 3.56. The average molecular weight is 184 g/mol. The zero-order chi connectivity index (χ0) is 10.3. The van der Waals surface area contributed by atoms with E-state index < -0.39 is 0 Å². The van der Waals surface area contributed by atoms with Gasteiger partial charge in [-0.25, -0.2) is 0 Å². The molecule has 0 amide bonds. The summed E-state index contributed by atoms with van der Waals surface area (Å²) in [5.74, 6) is 0. The van der Waals surface area contributed by atoms with Crippen LogP contribution in [0.3, 0.4) is 0 Å². The van der Waals surface area contributed by atoms with Crippen LogP contribution in [0.15, 0.2) is 12.2 Å². The van der Waals surface area contributed by atoms with Gasteiger partial charge in [-0.1, -0.05) is 19.1 Å². The molecular formula is C11H24N2. The van der Waals surface area contributed by atoms with Crippen LogP contribution in [0.2, 0.25) is 0 Å². The van der Waals surface area contributed by atoms with Gasteiger partial charge in [0.25, 0.3) is 0 Å². The molecule has 0 aliphatic carbocycles. The van der Waals surface area contributed by atoms with Crippen molar-refractivity contribution in [3.63, 3.8) is 0 Å². The third kappa shape index (κ3) is 6.79. The largest absolute Gasteiger partial charge is 0.317 e. The number of nitrogens with zero attached hydrogens (tertiary/aromatic N) is 1. The van der Waals surface area contributed by atoms with Crippen molar-refractivity contribution in [2.75, 3.05) is 26.7 Å². The van der Waals surface area contributed by atoms with Crippen LogP contribution in [0.4, 0.5) is 0 Å². The molecule has 1 unspecified atom stereocenters. The Labute approximate surface area is 83.0 Å². The zero-order valence-corrected chi connectivity index (χ0v) is 9.56. The van der Waals surface area contributed by atoms with Crippen molar-refractivity contribution >= 4 is 0 Å². The molecule has 0 aromatic heterocycles. The SMILES string of the molecule is C=C(C)CN(C)C(C)CCNCC. The Morgan fingerprint density at radius 2 is 2.15 bits per heavy atom. The maximum absolute atomic E-state index is 3.92. The first-order valence-electron chi connectivity index (χ1n) is 5.13. The van der Waals surface area contributed by atoms with E-state index in [-0.39, 0.29) is 0 Å². The highest BCUT2D eigenvalue weighted by Gasteiger charge is 2.07. The highest BCUT2D eigenvalue weighted by molar-refractivity contribution is 4.92. The molecule has 0 spiro atoms. The van der Waals surface area contributed by atoms with Crippen molar-refractivity contribution in [2.45, 2.75) is 33.2 Å². The molecule has 1 atom stereocenters. The molecule has 0 bridgehead atoms. The van der Waals surface area contributed by atoms with E-state index in [1.807, 2.05) is 0 Å². The molecule has 0 heterocycles. The third-order valence-corrected chi connectivity index (χ3v) is 2.26. The van der Waals surface area contributed by atoms with Gasteiger partial charge in [-0.3, -0.25) is 4.90 Å². The highest BCUT2D eigenvalue weighted by Crippen LogP contribution is 2.02. The van der Waals surface area contributed by atoms with Crippen molar-refractivity contribution in [3.8, 4) is 0 Å². The Morgan fingerprint density at radius 3 is 2.62 bits per heavy atom. The van der Waals surface area contributed by atoms with E-state index in [9.17, 15) is 0 Å². The van der Waals surface area contributed by atoms with Crippen LogP contribution in [0.1, 0.15) is 27.2 Å². The molecule has 78 valence electrons. The zero-order valence-electron chi connectivity index (χ0n) is 9.56. The van der Waals surface area contributed by atoms with Gasteiger partial charge in [0, 0.05) is 12.6 Å². The second-order valence-electron chi connectivity index (χ2n) is 3.86. The van der Waals surface area contributed by atoms with Gasteiger partial charge in [0.15, 0.2) is 0 Å². The normalized spacial score (nSPS) is 13.3. The van der Waals surface area contributed by atoms with Gasteiger partial charge in [0.2, 0.25) is 0 Å². The van der Waals surface area contributed by atoms with Gasteiger partial charge in [0.1, 0.15) is 0 Å². The topological polar surface area (TPSA) is 15.3 Å². The minimum atomic E-state index is 0.635. The second-order valence-corrected chi connectivity index (χ2v) is 3.86. The standard InChI is InChI=1S/C11H24N2/c1-6-12-8-7-11(4)13(5)9-10(2)3/h11-12H,2,6-9H2,1,3-5H3. The number of rotatable bonds is 7. The van der Waals surface area contributed by atoms with Crippen molar-refractivity contribution < 1.29 is 0 Å². The first-order chi connectivity index (χ1) is 6.07. The number of hydrogen-bond acceptors (Lipinski definition) is 2. The maximum atomic E-state index is 3.92. The number of likely N-dealkylation sites (N-methyl/N-ethyl adjacent to an activating group) is 1. The first kappa shape index (κ1) is 12.7. The highest BCUT2D eigenvalue weighted by atomic mass is 15.1. The Morgan fingerprint density at radius 1 is 1.54 bits per heavy atom. The van der Waals surface area contributed by atoms with Crippen molar-refractivity contribution in [3.05, 3.63) is 12.2 Å². The minimum absolute atomic E-state index is 0.635. The Kier molecular flexibility index (Phi) is 6.92. The number of nitrogens with one attached hydrogen (secondary N) is 1. The van der Waals surface area contributed by atoms with E-state index in [4.69, 9.17) is 0 Å². The van der Waals surface area contributed by atoms with Crippen molar-refractivity contribution in [1.82, 2.24) is 10.2 Å². The fourth-order valence-corrected chi connectivity index (χ4v) is 1.29. The van der Waals surface area contributed by atoms with E-state index in [0.29, 0.717) is 6.04 Å². The lowest BCUT2D eigenvalue weighted by molar-refractivity contribution is 0.264. The van der Waals surface area contributed by atoms with Crippen molar-refractivity contribution in [1.29, 1.82) is 0 Å². The van der Waals surface area contributed by atoms with E-state index in [1.165, 1.54) is 12.0 Å². The summed E-state index contributed by atoms with van der Waals surface area (Å²) >= 11 is 0. The van der Waals surface area contributed by atoms with Crippen LogP contribution in [-0.4, -0.2) is 37.6 Å². The molecule has 0 rings (SSSR count). The van der Waals surface area contributed by atoms with Crippen LogP contribution < -0.4 is 5.32 Å². The quantitative estimate of drug-likeness (QED) is 0.480. The Hall–Kier alpha value is -0.340. The predicted molar refractivity (Wildman–Crippen MR) is 60.1 cm³/mol. The molecule has 0 aromatic rings. The summed E-state index contributed by atoms with van der Waals surface area (Å²) in [6.45, 7) is 13.6. The van der Waals surface area contributed by atoms with E-state index >= 15 is 0 Å². The molecule has 1 N–H and O–H groups in total. The van der Waals surface area contributed by atoms with Crippen LogP contribution in [-0.2, 0) is 0 Å². The summed E-state index contributed by atoms with van der Waals surface area (Å²) in [5.41, 5.74) is 1.23. The summed E-state index contributed by atoms with van der Waals surface area (Å²) in [6, 6.07) is 0.635. The van der Waals surface area contributed by atoms with Gasteiger partial charge in [-0.15, -0.1) is 0 Å². The predicted octanol–water partition coefficient (Wildman–Crippen LogP) is 1.88. The van der Waals surface area contributed by atoms with Gasteiger partial charge in [0.05, 0.1) is 0 Å². The van der Waals surface area contributed by atoms with Gasteiger partial charge in [-0.2, -0.15) is 0 Å². The van der Waals surface area contributed by atoms with E-state index in [0.717, 1.165) is 19.6 Å². The molecule has 2 heteroatoms. The average Bonchev–Trinajstić information content (AvgIpc) is 2.03. The fourth-order valence-electron chi connectivity index (χ4n) is 1.29. The molecule has 13 heavy (non-hydrogen) atoms. The number of hydrogen-bond donors (Lipinski definition) is 1. The molecule has 0 fully saturated rings. The van der Waals surface area contributed by atoms with E-state index in [2.05, 4.69) is 44.6 Å². The molecule has 0 aliphatic heterocycles. The summed E-state index contributed by atoms with van der Waals surface area (Å²) < 4.78 is 0. The maximum Gasteiger partial charge on any atom is 0.0187 e. The van der Waals surface area contributed by atoms with Gasteiger partial charge < -0.3 is 5.32 Å². The van der Waals surface area contributed by atoms with Crippen LogP contribution in [0, 0.1) is 0 Å².